The van der Waals surface area contributed by atoms with Gasteiger partial charge in [-0.25, -0.2) is 0 Å². The maximum atomic E-state index is 2.28. The molecule has 0 N–H and O–H groups in total. The molecule has 0 saturated carbocycles. The molecule has 0 amide bonds. The van der Waals surface area contributed by atoms with E-state index in [2.05, 4.69) is 42.8 Å². The Hall–Kier alpha value is -0.600. The van der Waals surface area contributed by atoms with Crippen LogP contribution in [0.5, 0.6) is 0 Å². The van der Waals surface area contributed by atoms with E-state index < -0.39 is 0 Å². The molecule has 0 atom stereocenters. The highest BCUT2D eigenvalue weighted by Crippen LogP contribution is 2.19. The van der Waals surface area contributed by atoms with E-state index in [1.54, 1.807) is 0 Å². The molecule has 0 saturated heterocycles. The summed E-state index contributed by atoms with van der Waals surface area (Å²) < 4.78 is 3.66. The minimum absolute atomic E-state index is 0. The van der Waals surface area contributed by atoms with Crippen molar-refractivity contribution in [3.05, 3.63) is 29.3 Å². The van der Waals surface area contributed by atoms with Crippen LogP contribution in [-0.4, -0.2) is 0 Å². The van der Waals surface area contributed by atoms with Crippen molar-refractivity contribution in [1.29, 1.82) is 0 Å². The van der Waals surface area contributed by atoms with Gasteiger partial charge in [-0.05, 0) is 6.07 Å². The highest BCUT2D eigenvalue weighted by atomic mass is 35.5. The fourth-order valence-electron chi connectivity index (χ4n) is 1.46. The Morgan fingerprint density at radius 3 is 2.62 bits per heavy atom. The number of thiazole rings is 1. The summed E-state index contributed by atoms with van der Waals surface area (Å²) in [5.74, 6) is 0. The summed E-state index contributed by atoms with van der Waals surface area (Å²) in [5, 5.41) is 1.44. The Morgan fingerprint density at radius 1 is 1.31 bits per heavy atom. The average Bonchev–Trinajstić information content (AvgIpc) is 2.44. The molecular formula is C10H12ClNS. The van der Waals surface area contributed by atoms with Crippen molar-refractivity contribution in [3.63, 3.8) is 0 Å². The molecule has 0 bridgehead atoms. The molecule has 3 heteroatoms. The zero-order valence-electron chi connectivity index (χ0n) is 7.75. The summed E-state index contributed by atoms with van der Waals surface area (Å²) >= 11 is 1.89. The zero-order valence-corrected chi connectivity index (χ0v) is 9.32. The Kier molecular flexibility index (Phi) is 3.28. The average molecular weight is 214 g/mol. The minimum Gasteiger partial charge on any atom is -1.00 e. The van der Waals surface area contributed by atoms with Gasteiger partial charge in [0, 0.05) is 12.5 Å². The van der Waals surface area contributed by atoms with Crippen LogP contribution >= 0.6 is 11.3 Å². The molecule has 0 aliphatic heterocycles. The van der Waals surface area contributed by atoms with E-state index >= 15 is 0 Å². The minimum atomic E-state index is 0. The van der Waals surface area contributed by atoms with Crippen LogP contribution in [0.15, 0.2) is 24.3 Å². The van der Waals surface area contributed by atoms with Crippen LogP contribution in [0, 0.1) is 0 Å². The third-order valence-corrected chi connectivity index (χ3v) is 3.49. The number of aryl methyl sites for hydroxylation is 2. The molecule has 13 heavy (non-hydrogen) atoms. The molecule has 70 valence electrons. The lowest BCUT2D eigenvalue weighted by molar-refractivity contribution is -0.647. The topological polar surface area (TPSA) is 3.88 Å². The third kappa shape index (κ3) is 1.69. The fraction of sp³-hybridized carbons (Fsp3) is 0.300. The van der Waals surface area contributed by atoms with Gasteiger partial charge in [-0.15, -0.1) is 0 Å². The van der Waals surface area contributed by atoms with Crippen LogP contribution in [0.25, 0.3) is 10.2 Å². The lowest BCUT2D eigenvalue weighted by atomic mass is 10.3. The largest absolute Gasteiger partial charge is 1.00 e. The highest BCUT2D eigenvalue weighted by Gasteiger charge is 2.13. The first kappa shape index (κ1) is 10.5. The smallest absolute Gasteiger partial charge is 0.237 e. The number of halogens is 1. The summed E-state index contributed by atoms with van der Waals surface area (Å²) in [5.41, 5.74) is 1.35. The van der Waals surface area contributed by atoms with E-state index in [-0.39, 0.29) is 12.4 Å². The Balaban J connectivity index is 0.000000845. The molecule has 0 spiro atoms. The molecule has 2 aromatic rings. The van der Waals surface area contributed by atoms with Gasteiger partial charge in [0.25, 0.3) is 0 Å². The zero-order chi connectivity index (χ0) is 8.55. The van der Waals surface area contributed by atoms with Crippen molar-refractivity contribution in [2.75, 3.05) is 0 Å². The lowest BCUT2D eigenvalue weighted by Gasteiger charge is -1.85. The number of hydrogen-bond acceptors (Lipinski definition) is 1. The summed E-state index contributed by atoms with van der Waals surface area (Å²) in [7, 11) is 2.14. The molecule has 0 fully saturated rings. The summed E-state index contributed by atoms with van der Waals surface area (Å²) in [4.78, 5) is 0. The van der Waals surface area contributed by atoms with Gasteiger partial charge in [0.2, 0.25) is 10.5 Å². The van der Waals surface area contributed by atoms with Gasteiger partial charge in [0.15, 0.2) is 0 Å². The van der Waals surface area contributed by atoms with Crippen LogP contribution in [0.1, 0.15) is 11.9 Å². The van der Waals surface area contributed by atoms with Crippen molar-refractivity contribution in [1.82, 2.24) is 0 Å². The van der Waals surface area contributed by atoms with Gasteiger partial charge in [-0.3, -0.25) is 0 Å². The molecule has 2 rings (SSSR count). The Labute approximate surface area is 88.4 Å². The molecular weight excluding hydrogens is 202 g/mol. The maximum Gasteiger partial charge on any atom is 0.237 e. The van der Waals surface area contributed by atoms with Crippen molar-refractivity contribution >= 4 is 21.6 Å². The Bertz CT molecular complexity index is 408. The van der Waals surface area contributed by atoms with Gasteiger partial charge >= 0.3 is 0 Å². The van der Waals surface area contributed by atoms with Crippen molar-refractivity contribution in [3.8, 4) is 0 Å². The van der Waals surface area contributed by atoms with Gasteiger partial charge in [0.05, 0.1) is 0 Å². The second-order valence-corrected chi connectivity index (χ2v) is 3.99. The summed E-state index contributed by atoms with van der Waals surface area (Å²) in [6.45, 7) is 2.20. The monoisotopic (exact) mass is 213 g/mol. The van der Waals surface area contributed by atoms with Crippen LogP contribution in [0.3, 0.4) is 0 Å². The third-order valence-electron chi connectivity index (χ3n) is 2.13. The number of hydrogen-bond donors (Lipinski definition) is 0. The van der Waals surface area contributed by atoms with E-state index in [0.717, 1.165) is 6.42 Å². The molecule has 0 aliphatic carbocycles. The van der Waals surface area contributed by atoms with E-state index in [4.69, 9.17) is 0 Å². The number of rotatable bonds is 1. The highest BCUT2D eigenvalue weighted by molar-refractivity contribution is 7.18. The predicted octanol–water partition coefficient (Wildman–Crippen LogP) is -0.708. The molecule has 0 radical (unpaired) electrons. The number of nitrogens with zero attached hydrogens (tertiary/aromatic N) is 1. The SMILES string of the molecule is CCc1sc2ccccc2[n+]1C.[Cl-]. The number of para-hydroxylation sites is 1. The van der Waals surface area contributed by atoms with Crippen molar-refractivity contribution < 1.29 is 17.0 Å². The van der Waals surface area contributed by atoms with Crippen LogP contribution in [0.2, 0.25) is 0 Å². The van der Waals surface area contributed by atoms with E-state index in [1.807, 2.05) is 11.3 Å². The number of aromatic nitrogens is 1. The first-order valence-corrected chi connectivity index (χ1v) is 5.01. The lowest BCUT2D eigenvalue weighted by Crippen LogP contribution is -3.00. The van der Waals surface area contributed by atoms with E-state index in [9.17, 15) is 0 Å². The molecule has 1 aromatic carbocycles. The van der Waals surface area contributed by atoms with Crippen molar-refractivity contribution in [2.45, 2.75) is 13.3 Å². The first-order valence-electron chi connectivity index (χ1n) is 4.19. The molecule has 0 aliphatic rings. The van der Waals surface area contributed by atoms with Gasteiger partial charge in [-0.1, -0.05) is 30.4 Å². The molecule has 1 nitrogen and oxygen atoms in total. The predicted molar refractivity (Wildman–Crippen MR) is 52.4 cm³/mol. The quantitative estimate of drug-likeness (QED) is 0.552. The normalized spacial score (nSPS) is 10.0. The maximum absolute atomic E-state index is 2.28. The van der Waals surface area contributed by atoms with Crippen LogP contribution in [-0.2, 0) is 13.5 Å². The summed E-state index contributed by atoms with van der Waals surface area (Å²) in [6, 6.07) is 8.54. The molecule has 1 aromatic heterocycles. The van der Waals surface area contributed by atoms with E-state index in [0.29, 0.717) is 0 Å². The van der Waals surface area contributed by atoms with E-state index in [1.165, 1.54) is 15.2 Å². The second-order valence-electron chi connectivity index (χ2n) is 2.88. The van der Waals surface area contributed by atoms with Crippen LogP contribution in [0.4, 0.5) is 0 Å². The molecule has 1 heterocycles. The number of fused-ring (bicyclic) bond motifs is 1. The molecule has 0 unspecified atom stereocenters. The van der Waals surface area contributed by atoms with Gasteiger partial charge in [0.1, 0.15) is 11.7 Å². The standard InChI is InChI=1S/C10H12NS.ClH/c1-3-10-11(2)8-6-4-5-7-9(8)12-10;/h4-7H,3H2,1-2H3;1H/q+1;/p-1. The number of benzene rings is 1. The second kappa shape index (κ2) is 4.07. The van der Waals surface area contributed by atoms with Crippen LogP contribution < -0.4 is 17.0 Å². The fourth-order valence-corrected chi connectivity index (χ4v) is 2.55. The van der Waals surface area contributed by atoms with Gasteiger partial charge in [-0.2, -0.15) is 4.57 Å². The summed E-state index contributed by atoms with van der Waals surface area (Å²) in [6.07, 6.45) is 1.12. The first-order chi connectivity index (χ1) is 5.83. The van der Waals surface area contributed by atoms with Gasteiger partial charge < -0.3 is 12.4 Å². The van der Waals surface area contributed by atoms with Crippen molar-refractivity contribution in [2.24, 2.45) is 7.05 Å². The Morgan fingerprint density at radius 2 is 2.00 bits per heavy atom.